The lowest BCUT2D eigenvalue weighted by molar-refractivity contribution is -0.709. The van der Waals surface area contributed by atoms with Crippen molar-refractivity contribution in [3.63, 3.8) is 0 Å². The van der Waals surface area contributed by atoms with E-state index in [9.17, 15) is 14.0 Å². The number of alkyl halides is 2. The van der Waals surface area contributed by atoms with Crippen LogP contribution >= 0.6 is 0 Å². The van der Waals surface area contributed by atoms with E-state index < -0.39 is 6.61 Å². The van der Waals surface area contributed by atoms with Crippen molar-refractivity contribution in [2.24, 2.45) is 0 Å². The normalized spacial score (nSPS) is 11.6. The van der Waals surface area contributed by atoms with Gasteiger partial charge in [0.25, 0.3) is 5.69 Å². The molecule has 2 aromatic carbocycles. The molecule has 0 aromatic heterocycles. The maximum Gasteiger partial charge on any atom is 0.387 e. The summed E-state index contributed by atoms with van der Waals surface area (Å²) in [6.45, 7) is -2.84. The van der Waals surface area contributed by atoms with Crippen LogP contribution in [0.5, 0.6) is 5.75 Å². The molecule has 0 radical (unpaired) electrons. The van der Waals surface area contributed by atoms with Gasteiger partial charge in [-0.25, -0.2) is 0 Å². The van der Waals surface area contributed by atoms with Crippen molar-refractivity contribution in [1.82, 2.24) is 0 Å². The van der Waals surface area contributed by atoms with Gasteiger partial charge < -0.3 is 4.74 Å². The third-order valence-corrected chi connectivity index (χ3v) is 2.40. The summed E-state index contributed by atoms with van der Waals surface area (Å²) in [4.78, 5) is 0. The highest BCUT2D eigenvalue weighted by Gasteiger charge is 2.07. The van der Waals surface area contributed by atoms with Gasteiger partial charge in [-0.3, -0.25) is 5.21 Å². The molecule has 3 nitrogen and oxygen atoms in total. The van der Waals surface area contributed by atoms with Gasteiger partial charge in [0.05, 0.1) is 0 Å². The Morgan fingerprint density at radius 1 is 1.00 bits per heavy atom. The topological polar surface area (TPSA) is 32.5 Å². The molecular formula is C14H12F2NO2+. The Hall–Kier alpha value is -2.43. The molecule has 2 rings (SSSR count). The van der Waals surface area contributed by atoms with Crippen molar-refractivity contribution in [2.75, 3.05) is 0 Å². The van der Waals surface area contributed by atoms with Crippen LogP contribution in [-0.2, 0) is 0 Å². The quantitative estimate of drug-likeness (QED) is 0.397. The summed E-state index contributed by atoms with van der Waals surface area (Å²) < 4.78 is 29.1. The van der Waals surface area contributed by atoms with Crippen LogP contribution in [0.1, 0.15) is 5.56 Å². The molecule has 98 valence electrons. The van der Waals surface area contributed by atoms with Crippen molar-refractivity contribution in [1.29, 1.82) is 0 Å². The summed E-state index contributed by atoms with van der Waals surface area (Å²) in [5.41, 5.74) is 1.27. The second kappa shape index (κ2) is 5.95. The van der Waals surface area contributed by atoms with Crippen LogP contribution in [-0.4, -0.2) is 22.8 Å². The molecule has 0 amide bonds. The molecular weight excluding hydrogens is 252 g/mol. The van der Waals surface area contributed by atoms with Crippen LogP contribution in [0.25, 0.3) is 0 Å². The van der Waals surface area contributed by atoms with Crippen LogP contribution < -0.4 is 4.74 Å². The first-order valence-electron chi connectivity index (χ1n) is 5.58. The summed E-state index contributed by atoms with van der Waals surface area (Å²) in [6, 6.07) is 14.9. The van der Waals surface area contributed by atoms with E-state index in [1.54, 1.807) is 36.4 Å². The van der Waals surface area contributed by atoms with Crippen molar-refractivity contribution in [2.45, 2.75) is 6.61 Å². The van der Waals surface area contributed by atoms with Crippen molar-refractivity contribution < 1.29 is 23.5 Å². The van der Waals surface area contributed by atoms with Crippen LogP contribution in [0.4, 0.5) is 14.5 Å². The largest absolute Gasteiger partial charge is 0.435 e. The maximum atomic E-state index is 12.0. The number of benzene rings is 2. The van der Waals surface area contributed by atoms with E-state index in [0.717, 1.165) is 4.74 Å². The first kappa shape index (κ1) is 13.0. The standard InChI is InChI=1S/C14H12F2NO2/c15-14(16)19-13-8-6-11(7-9-13)10-17(18)12-4-2-1-3-5-12/h1-10,14,18H/q+1. The number of hydrogen-bond acceptors (Lipinski definition) is 2. The van der Waals surface area contributed by atoms with E-state index in [-0.39, 0.29) is 5.75 Å². The van der Waals surface area contributed by atoms with Crippen molar-refractivity contribution in [3.8, 4) is 5.75 Å². The van der Waals surface area contributed by atoms with Gasteiger partial charge in [-0.05, 0) is 24.3 Å². The lowest BCUT2D eigenvalue weighted by atomic mass is 10.2. The Balaban J connectivity index is 2.15. The zero-order valence-electron chi connectivity index (χ0n) is 9.91. The maximum absolute atomic E-state index is 12.0. The van der Waals surface area contributed by atoms with Gasteiger partial charge >= 0.3 is 6.61 Å². The number of hydrogen-bond donors (Lipinski definition) is 1. The molecule has 0 spiro atoms. The fourth-order valence-electron chi connectivity index (χ4n) is 1.53. The van der Waals surface area contributed by atoms with Gasteiger partial charge in [0, 0.05) is 22.4 Å². The number of rotatable bonds is 4. The fraction of sp³-hybridized carbons (Fsp3) is 0.0714. The molecule has 0 unspecified atom stereocenters. The van der Waals surface area contributed by atoms with Crippen LogP contribution in [0, 0.1) is 0 Å². The molecule has 0 aliphatic rings. The Bertz CT molecular complexity index is 553. The number of halogens is 2. The van der Waals surface area contributed by atoms with E-state index in [0.29, 0.717) is 11.3 Å². The smallest absolute Gasteiger partial charge is 0.387 e. The Labute approximate surface area is 109 Å². The number of ether oxygens (including phenoxy) is 1. The average Bonchev–Trinajstić information content (AvgIpc) is 2.41. The molecule has 1 N–H and O–H groups in total. The predicted octanol–water partition coefficient (Wildman–Crippen LogP) is 3.44. The molecule has 0 bridgehead atoms. The van der Waals surface area contributed by atoms with Gasteiger partial charge in [0.15, 0.2) is 0 Å². The van der Waals surface area contributed by atoms with Gasteiger partial charge in [-0.1, -0.05) is 18.2 Å². The highest BCUT2D eigenvalue weighted by atomic mass is 19.3. The highest BCUT2D eigenvalue weighted by Crippen LogP contribution is 2.14. The Morgan fingerprint density at radius 3 is 2.21 bits per heavy atom. The van der Waals surface area contributed by atoms with Gasteiger partial charge in [0.1, 0.15) is 5.75 Å². The molecule has 2 aromatic rings. The third-order valence-electron chi connectivity index (χ3n) is 2.40. The molecule has 0 atom stereocenters. The first-order valence-corrected chi connectivity index (χ1v) is 5.58. The van der Waals surface area contributed by atoms with Crippen LogP contribution in [0.3, 0.4) is 0 Å². The lowest BCUT2D eigenvalue weighted by Crippen LogP contribution is -2.03. The molecule has 0 saturated carbocycles. The molecule has 0 aliphatic heterocycles. The van der Waals surface area contributed by atoms with Crippen LogP contribution in [0.15, 0.2) is 54.6 Å². The van der Waals surface area contributed by atoms with E-state index in [1.807, 2.05) is 6.07 Å². The SMILES string of the molecule is O[N+](=Cc1ccc(OC(F)F)cc1)c1ccccc1. The minimum absolute atomic E-state index is 0.0800. The average molecular weight is 264 g/mol. The summed E-state index contributed by atoms with van der Waals surface area (Å²) in [5, 5.41) is 9.82. The molecule has 0 fully saturated rings. The van der Waals surface area contributed by atoms with E-state index in [4.69, 9.17) is 0 Å². The molecule has 0 aliphatic carbocycles. The zero-order valence-corrected chi connectivity index (χ0v) is 9.91. The summed E-state index contributed by atoms with van der Waals surface area (Å²) in [5.74, 6) is 0.0800. The second-order valence-corrected chi connectivity index (χ2v) is 3.76. The van der Waals surface area contributed by atoms with Gasteiger partial charge in [-0.15, -0.1) is 0 Å². The van der Waals surface area contributed by atoms with Crippen LogP contribution in [0.2, 0.25) is 0 Å². The molecule has 5 heteroatoms. The summed E-state index contributed by atoms with van der Waals surface area (Å²) >= 11 is 0. The summed E-state index contributed by atoms with van der Waals surface area (Å²) in [6.07, 6.45) is 1.47. The van der Waals surface area contributed by atoms with Crippen molar-refractivity contribution in [3.05, 3.63) is 60.2 Å². The van der Waals surface area contributed by atoms with E-state index in [2.05, 4.69) is 4.74 Å². The fourth-order valence-corrected chi connectivity index (χ4v) is 1.53. The van der Waals surface area contributed by atoms with E-state index in [1.165, 1.54) is 18.3 Å². The molecule has 0 heterocycles. The second-order valence-electron chi connectivity index (χ2n) is 3.76. The van der Waals surface area contributed by atoms with E-state index >= 15 is 0 Å². The predicted molar refractivity (Wildman–Crippen MR) is 66.4 cm³/mol. The zero-order chi connectivity index (χ0) is 13.7. The minimum Gasteiger partial charge on any atom is -0.435 e. The number of nitrogens with zero attached hydrogens (tertiary/aromatic N) is 1. The number of para-hydroxylation sites is 1. The molecule has 0 saturated heterocycles. The summed E-state index contributed by atoms with van der Waals surface area (Å²) in [7, 11) is 0. The monoisotopic (exact) mass is 264 g/mol. The Kier molecular flexibility index (Phi) is 4.07. The first-order chi connectivity index (χ1) is 9.15. The van der Waals surface area contributed by atoms with Gasteiger partial charge in [-0.2, -0.15) is 8.78 Å². The minimum atomic E-state index is -2.84. The van der Waals surface area contributed by atoms with Gasteiger partial charge in [0.2, 0.25) is 6.21 Å². The Morgan fingerprint density at radius 2 is 1.63 bits per heavy atom. The lowest BCUT2D eigenvalue weighted by Gasteiger charge is -2.03. The highest BCUT2D eigenvalue weighted by molar-refractivity contribution is 5.76. The molecule has 19 heavy (non-hydrogen) atoms. The van der Waals surface area contributed by atoms with Crippen molar-refractivity contribution >= 4 is 11.9 Å². The third kappa shape index (κ3) is 3.77.